The molecule has 1 atom stereocenters. The van der Waals surface area contributed by atoms with Crippen LogP contribution in [0.25, 0.3) is 0 Å². The van der Waals surface area contributed by atoms with Gasteiger partial charge in [-0.2, -0.15) is 0 Å². The first kappa shape index (κ1) is 15.9. The van der Waals surface area contributed by atoms with Crippen LogP contribution < -0.4 is 5.32 Å². The summed E-state index contributed by atoms with van der Waals surface area (Å²) in [6, 6.07) is 5.73. The number of nitrogens with one attached hydrogen (secondary N) is 1. The van der Waals surface area contributed by atoms with Crippen molar-refractivity contribution >= 4 is 22.4 Å². The Bertz CT molecular complexity index is 641. The van der Waals surface area contributed by atoms with E-state index in [4.69, 9.17) is 4.74 Å². The normalized spacial score (nSPS) is 17.2. The molecule has 3 heterocycles. The highest BCUT2D eigenvalue weighted by atomic mass is 32.1. The van der Waals surface area contributed by atoms with Crippen molar-refractivity contribution in [3.8, 4) is 0 Å². The Kier molecular flexibility index (Phi) is 5.19. The second-order valence-corrected chi connectivity index (χ2v) is 6.29. The van der Waals surface area contributed by atoms with Crippen LogP contribution >= 0.6 is 11.3 Å². The lowest BCUT2D eigenvalue weighted by molar-refractivity contribution is 0.0500. The monoisotopic (exact) mass is 332 g/mol. The van der Waals surface area contributed by atoms with Gasteiger partial charge in [0.1, 0.15) is 5.69 Å². The predicted octanol–water partition coefficient (Wildman–Crippen LogP) is 2.40. The highest BCUT2D eigenvalue weighted by molar-refractivity contribution is 7.13. The van der Waals surface area contributed by atoms with Gasteiger partial charge in [0.2, 0.25) is 0 Å². The van der Waals surface area contributed by atoms with Crippen LogP contribution in [0, 0.1) is 0 Å². The minimum atomic E-state index is -0.0797. The van der Waals surface area contributed by atoms with Crippen molar-refractivity contribution in [1.29, 1.82) is 0 Å². The van der Waals surface area contributed by atoms with Gasteiger partial charge in [-0.05, 0) is 25.0 Å². The van der Waals surface area contributed by atoms with E-state index in [0.29, 0.717) is 18.8 Å². The Labute approximate surface area is 139 Å². The summed E-state index contributed by atoms with van der Waals surface area (Å²) in [4.78, 5) is 23.3. The Hall–Kier alpha value is -1.99. The third kappa shape index (κ3) is 4.05. The van der Waals surface area contributed by atoms with E-state index < -0.39 is 0 Å². The summed E-state index contributed by atoms with van der Waals surface area (Å²) < 4.78 is 5.69. The number of hydrogen-bond acceptors (Lipinski definition) is 6. The van der Waals surface area contributed by atoms with Crippen LogP contribution in [0.5, 0.6) is 0 Å². The molecule has 7 heteroatoms. The number of pyridine rings is 1. The lowest BCUT2D eigenvalue weighted by Gasteiger charge is -2.24. The van der Waals surface area contributed by atoms with Crippen molar-refractivity contribution in [3.63, 3.8) is 0 Å². The van der Waals surface area contributed by atoms with E-state index in [9.17, 15) is 4.79 Å². The minimum absolute atomic E-state index is 0.0797. The number of carbonyl (C=O) groups excluding carboxylic acids is 1. The quantitative estimate of drug-likeness (QED) is 0.880. The zero-order valence-corrected chi connectivity index (χ0v) is 13.9. The van der Waals surface area contributed by atoms with Crippen molar-refractivity contribution in [2.45, 2.75) is 25.5 Å². The molecule has 3 rings (SSSR count). The van der Waals surface area contributed by atoms with Crippen molar-refractivity contribution < 1.29 is 9.53 Å². The molecule has 0 aromatic carbocycles. The Morgan fingerprint density at radius 1 is 1.52 bits per heavy atom. The van der Waals surface area contributed by atoms with Crippen LogP contribution in [0.4, 0.5) is 5.13 Å². The SMILES string of the molecule is CNc1nc(C(=O)N(Cc2ccccn2)C[C@@H]2CCCO2)cs1. The molecule has 23 heavy (non-hydrogen) atoms. The molecule has 0 spiro atoms. The molecule has 0 radical (unpaired) electrons. The number of hydrogen-bond donors (Lipinski definition) is 1. The highest BCUT2D eigenvalue weighted by Crippen LogP contribution is 2.19. The van der Waals surface area contributed by atoms with Crippen molar-refractivity contribution in [1.82, 2.24) is 14.9 Å². The molecule has 0 bridgehead atoms. The van der Waals surface area contributed by atoms with E-state index in [-0.39, 0.29) is 12.0 Å². The molecule has 2 aromatic heterocycles. The second kappa shape index (κ2) is 7.52. The van der Waals surface area contributed by atoms with Gasteiger partial charge in [0.25, 0.3) is 5.91 Å². The lowest BCUT2D eigenvalue weighted by Crippen LogP contribution is -2.37. The smallest absolute Gasteiger partial charge is 0.273 e. The van der Waals surface area contributed by atoms with Crippen LogP contribution in [0.1, 0.15) is 29.0 Å². The maximum absolute atomic E-state index is 12.8. The van der Waals surface area contributed by atoms with E-state index in [1.54, 1.807) is 23.5 Å². The zero-order chi connectivity index (χ0) is 16.1. The molecule has 1 aliphatic heterocycles. The van der Waals surface area contributed by atoms with Gasteiger partial charge in [0, 0.05) is 31.8 Å². The number of amides is 1. The van der Waals surface area contributed by atoms with Crippen LogP contribution in [-0.4, -0.2) is 47.1 Å². The molecule has 1 aliphatic rings. The predicted molar refractivity (Wildman–Crippen MR) is 89.6 cm³/mol. The first-order chi connectivity index (χ1) is 11.3. The van der Waals surface area contributed by atoms with Crippen LogP contribution in [0.2, 0.25) is 0 Å². The van der Waals surface area contributed by atoms with Gasteiger partial charge in [0.05, 0.1) is 18.3 Å². The molecule has 1 saturated heterocycles. The molecule has 1 fully saturated rings. The van der Waals surface area contributed by atoms with Crippen LogP contribution in [0.15, 0.2) is 29.8 Å². The Morgan fingerprint density at radius 3 is 3.09 bits per heavy atom. The van der Waals surface area contributed by atoms with Gasteiger partial charge in [-0.3, -0.25) is 9.78 Å². The summed E-state index contributed by atoms with van der Waals surface area (Å²) >= 11 is 1.43. The highest BCUT2D eigenvalue weighted by Gasteiger charge is 2.25. The van der Waals surface area contributed by atoms with E-state index in [0.717, 1.165) is 30.3 Å². The number of nitrogens with zero attached hydrogens (tertiary/aromatic N) is 3. The fourth-order valence-corrected chi connectivity index (χ4v) is 3.24. The minimum Gasteiger partial charge on any atom is -0.376 e. The van der Waals surface area contributed by atoms with Crippen LogP contribution in [0.3, 0.4) is 0 Å². The molecule has 0 unspecified atom stereocenters. The molecule has 122 valence electrons. The molecular weight excluding hydrogens is 312 g/mol. The zero-order valence-electron chi connectivity index (χ0n) is 13.1. The fraction of sp³-hybridized carbons (Fsp3) is 0.438. The molecule has 2 aromatic rings. The summed E-state index contributed by atoms with van der Waals surface area (Å²) in [5, 5.41) is 5.49. The molecular formula is C16H20N4O2S. The fourth-order valence-electron chi connectivity index (χ4n) is 2.59. The maximum Gasteiger partial charge on any atom is 0.273 e. The lowest BCUT2D eigenvalue weighted by atomic mass is 10.2. The topological polar surface area (TPSA) is 67.4 Å². The van der Waals surface area contributed by atoms with E-state index >= 15 is 0 Å². The Morgan fingerprint density at radius 2 is 2.43 bits per heavy atom. The number of thiazole rings is 1. The Balaban J connectivity index is 1.76. The molecule has 0 saturated carbocycles. The van der Waals surface area contributed by atoms with Gasteiger partial charge in [-0.25, -0.2) is 4.98 Å². The van der Waals surface area contributed by atoms with Gasteiger partial charge in [-0.15, -0.1) is 11.3 Å². The first-order valence-electron chi connectivity index (χ1n) is 7.70. The molecule has 1 N–H and O–H groups in total. The summed E-state index contributed by atoms with van der Waals surface area (Å²) in [5.41, 5.74) is 1.33. The average molecular weight is 332 g/mol. The maximum atomic E-state index is 12.8. The summed E-state index contributed by atoms with van der Waals surface area (Å²) in [5.74, 6) is -0.0797. The number of carbonyl (C=O) groups is 1. The molecule has 0 aliphatic carbocycles. The largest absolute Gasteiger partial charge is 0.376 e. The molecule has 1 amide bonds. The second-order valence-electron chi connectivity index (χ2n) is 5.43. The average Bonchev–Trinajstić information content (AvgIpc) is 3.26. The summed E-state index contributed by atoms with van der Waals surface area (Å²) in [7, 11) is 1.80. The van der Waals surface area contributed by atoms with Gasteiger partial charge < -0.3 is 15.0 Å². The number of anilines is 1. The van der Waals surface area contributed by atoms with E-state index in [1.165, 1.54) is 11.3 Å². The summed E-state index contributed by atoms with van der Waals surface area (Å²) in [6.45, 7) is 1.81. The van der Waals surface area contributed by atoms with Crippen molar-refractivity contribution in [2.75, 3.05) is 25.5 Å². The number of aromatic nitrogens is 2. The van der Waals surface area contributed by atoms with Crippen molar-refractivity contribution in [3.05, 3.63) is 41.2 Å². The van der Waals surface area contributed by atoms with Crippen LogP contribution in [-0.2, 0) is 11.3 Å². The van der Waals surface area contributed by atoms with Crippen molar-refractivity contribution in [2.24, 2.45) is 0 Å². The van der Waals surface area contributed by atoms with Gasteiger partial charge >= 0.3 is 0 Å². The summed E-state index contributed by atoms with van der Waals surface area (Å²) in [6.07, 6.45) is 3.89. The number of rotatable bonds is 6. The third-order valence-corrected chi connectivity index (χ3v) is 4.61. The first-order valence-corrected chi connectivity index (χ1v) is 8.58. The third-order valence-electron chi connectivity index (χ3n) is 3.75. The van der Waals surface area contributed by atoms with Gasteiger partial charge in [-0.1, -0.05) is 6.07 Å². The standard InChI is InChI=1S/C16H20N4O2S/c1-17-16-19-14(11-23-16)15(21)20(10-13-6-4-8-22-13)9-12-5-2-3-7-18-12/h2-3,5,7,11,13H,4,6,8-10H2,1H3,(H,17,19)/t13-/m0/s1. The van der Waals surface area contributed by atoms with E-state index in [2.05, 4.69) is 15.3 Å². The number of ether oxygens (including phenoxy) is 1. The van der Waals surface area contributed by atoms with Gasteiger partial charge in [0.15, 0.2) is 5.13 Å². The molecule has 6 nitrogen and oxygen atoms in total. The van der Waals surface area contributed by atoms with E-state index in [1.807, 2.05) is 18.2 Å².